The van der Waals surface area contributed by atoms with E-state index >= 15 is 0 Å². The van der Waals surface area contributed by atoms with E-state index in [1.165, 1.54) is 0 Å². The Hall–Kier alpha value is -3.94. The summed E-state index contributed by atoms with van der Waals surface area (Å²) >= 11 is 0. The molecular weight excluding hydrogens is 432 g/mol. The van der Waals surface area contributed by atoms with Crippen molar-refractivity contribution in [3.05, 3.63) is 89.0 Å². The van der Waals surface area contributed by atoms with Crippen molar-refractivity contribution in [1.29, 1.82) is 0 Å². The van der Waals surface area contributed by atoms with E-state index in [9.17, 15) is 23.5 Å². The SMILES string of the molecule is COc1c(F)ccc(CC(NC(=O)OCC2c3ccccc3-c3ccccc32)C(=O)O)c1F. The Labute approximate surface area is 188 Å². The van der Waals surface area contributed by atoms with Gasteiger partial charge in [-0.15, -0.1) is 0 Å². The molecule has 6 nitrogen and oxygen atoms in total. The summed E-state index contributed by atoms with van der Waals surface area (Å²) < 4.78 is 38.1. The number of methoxy groups -OCH3 is 1. The number of rotatable bonds is 7. The van der Waals surface area contributed by atoms with Crippen molar-refractivity contribution in [2.75, 3.05) is 13.7 Å². The Morgan fingerprint density at radius 3 is 2.18 bits per heavy atom. The van der Waals surface area contributed by atoms with E-state index in [1.807, 2.05) is 48.5 Å². The molecule has 1 aliphatic rings. The molecule has 0 heterocycles. The summed E-state index contributed by atoms with van der Waals surface area (Å²) in [5, 5.41) is 11.8. The molecule has 170 valence electrons. The van der Waals surface area contributed by atoms with E-state index in [-0.39, 0.29) is 18.1 Å². The third-order valence-electron chi connectivity index (χ3n) is 5.69. The monoisotopic (exact) mass is 453 g/mol. The van der Waals surface area contributed by atoms with Gasteiger partial charge in [-0.25, -0.2) is 18.4 Å². The summed E-state index contributed by atoms with van der Waals surface area (Å²) in [6, 6.07) is 16.2. The molecule has 1 aliphatic carbocycles. The molecule has 3 aromatic carbocycles. The molecule has 1 atom stereocenters. The summed E-state index contributed by atoms with van der Waals surface area (Å²) in [7, 11) is 1.11. The molecule has 0 saturated heterocycles. The maximum absolute atomic E-state index is 14.4. The van der Waals surface area contributed by atoms with Crippen LogP contribution in [0.4, 0.5) is 13.6 Å². The molecule has 0 saturated carbocycles. The molecule has 4 rings (SSSR count). The lowest BCUT2D eigenvalue weighted by molar-refractivity contribution is -0.139. The molecule has 0 spiro atoms. The van der Waals surface area contributed by atoms with Gasteiger partial charge in [0.15, 0.2) is 17.4 Å². The number of carbonyl (C=O) groups is 2. The fourth-order valence-electron chi connectivity index (χ4n) is 4.12. The fraction of sp³-hybridized carbons (Fsp3) is 0.200. The summed E-state index contributed by atoms with van der Waals surface area (Å²) in [4.78, 5) is 24.1. The van der Waals surface area contributed by atoms with Crippen LogP contribution in [0.5, 0.6) is 5.75 Å². The molecule has 1 amide bonds. The minimum atomic E-state index is -1.48. The van der Waals surface area contributed by atoms with Crippen molar-refractivity contribution in [2.24, 2.45) is 0 Å². The van der Waals surface area contributed by atoms with Gasteiger partial charge in [-0.2, -0.15) is 0 Å². The second-order valence-electron chi connectivity index (χ2n) is 7.62. The number of nitrogens with one attached hydrogen (secondary N) is 1. The first-order valence-corrected chi connectivity index (χ1v) is 10.3. The van der Waals surface area contributed by atoms with E-state index in [0.29, 0.717) is 0 Å². The average Bonchev–Trinajstić information content (AvgIpc) is 3.13. The van der Waals surface area contributed by atoms with Crippen molar-refractivity contribution in [1.82, 2.24) is 5.32 Å². The van der Waals surface area contributed by atoms with Crippen LogP contribution in [-0.2, 0) is 16.0 Å². The maximum atomic E-state index is 14.4. The smallest absolute Gasteiger partial charge is 0.407 e. The minimum Gasteiger partial charge on any atom is -0.491 e. The van der Waals surface area contributed by atoms with E-state index < -0.39 is 41.9 Å². The maximum Gasteiger partial charge on any atom is 0.407 e. The van der Waals surface area contributed by atoms with Gasteiger partial charge in [0.25, 0.3) is 0 Å². The average molecular weight is 453 g/mol. The normalized spacial score (nSPS) is 13.1. The molecule has 1 unspecified atom stereocenters. The van der Waals surface area contributed by atoms with Crippen molar-refractivity contribution in [2.45, 2.75) is 18.4 Å². The van der Waals surface area contributed by atoms with Crippen molar-refractivity contribution >= 4 is 12.1 Å². The first kappa shape index (κ1) is 22.3. The lowest BCUT2D eigenvalue weighted by Crippen LogP contribution is -2.43. The van der Waals surface area contributed by atoms with Crippen LogP contribution in [-0.4, -0.2) is 36.9 Å². The van der Waals surface area contributed by atoms with Crippen LogP contribution in [0.3, 0.4) is 0 Å². The fourth-order valence-corrected chi connectivity index (χ4v) is 4.12. The molecule has 0 aromatic heterocycles. The van der Waals surface area contributed by atoms with Gasteiger partial charge in [-0.1, -0.05) is 54.6 Å². The number of hydrogen-bond donors (Lipinski definition) is 2. The highest BCUT2D eigenvalue weighted by Crippen LogP contribution is 2.44. The molecule has 0 bridgehead atoms. The van der Waals surface area contributed by atoms with Crippen molar-refractivity contribution in [3.63, 3.8) is 0 Å². The third-order valence-corrected chi connectivity index (χ3v) is 5.69. The highest BCUT2D eigenvalue weighted by Gasteiger charge is 2.30. The molecule has 3 aromatic rings. The van der Waals surface area contributed by atoms with Crippen LogP contribution in [0.2, 0.25) is 0 Å². The second-order valence-corrected chi connectivity index (χ2v) is 7.62. The number of aliphatic carboxylic acids is 1. The van der Waals surface area contributed by atoms with Gasteiger partial charge in [-0.05, 0) is 33.9 Å². The van der Waals surface area contributed by atoms with Gasteiger partial charge in [0, 0.05) is 12.3 Å². The largest absolute Gasteiger partial charge is 0.491 e. The molecule has 2 N–H and O–H groups in total. The summed E-state index contributed by atoms with van der Waals surface area (Å²) in [6.45, 7) is 0.00489. The number of amides is 1. The summed E-state index contributed by atoms with van der Waals surface area (Å²) in [5.74, 6) is -4.11. The lowest BCUT2D eigenvalue weighted by atomic mass is 9.98. The number of carbonyl (C=O) groups excluding carboxylic acids is 1. The molecular formula is C25H21F2NO5. The Balaban J connectivity index is 1.45. The van der Waals surface area contributed by atoms with Crippen molar-refractivity contribution in [3.8, 4) is 16.9 Å². The Morgan fingerprint density at radius 2 is 1.61 bits per heavy atom. The number of hydrogen-bond acceptors (Lipinski definition) is 4. The number of carboxylic acids is 1. The highest BCUT2D eigenvalue weighted by molar-refractivity contribution is 5.81. The highest BCUT2D eigenvalue weighted by atomic mass is 19.1. The second kappa shape index (κ2) is 9.28. The zero-order valence-electron chi connectivity index (χ0n) is 17.7. The van der Waals surface area contributed by atoms with E-state index in [0.717, 1.165) is 41.5 Å². The van der Waals surface area contributed by atoms with E-state index in [4.69, 9.17) is 4.74 Å². The van der Waals surface area contributed by atoms with Crippen LogP contribution in [0, 0.1) is 11.6 Å². The van der Waals surface area contributed by atoms with Gasteiger partial charge < -0.3 is 19.9 Å². The summed E-state index contributed by atoms with van der Waals surface area (Å²) in [6.07, 6.45) is -1.36. The molecule has 0 aliphatic heterocycles. The number of fused-ring (bicyclic) bond motifs is 3. The van der Waals surface area contributed by atoms with Crippen LogP contribution in [0.15, 0.2) is 60.7 Å². The minimum absolute atomic E-state index is 0.00489. The van der Waals surface area contributed by atoms with Crippen LogP contribution >= 0.6 is 0 Å². The van der Waals surface area contributed by atoms with Crippen LogP contribution in [0.25, 0.3) is 11.1 Å². The molecule has 0 fully saturated rings. The van der Waals surface area contributed by atoms with E-state index in [1.54, 1.807) is 0 Å². The Bertz CT molecular complexity index is 1170. The van der Waals surface area contributed by atoms with E-state index in [2.05, 4.69) is 10.1 Å². The standard InChI is InChI=1S/C25H21F2NO5/c1-32-23-20(26)11-10-14(22(23)27)12-21(24(29)30)28-25(31)33-13-19-17-8-4-2-6-15(17)16-7-3-5-9-18(16)19/h2-11,19,21H,12-13H2,1H3,(H,28,31)(H,29,30). The predicted molar refractivity (Wildman–Crippen MR) is 116 cm³/mol. The zero-order chi connectivity index (χ0) is 23.5. The lowest BCUT2D eigenvalue weighted by Gasteiger charge is -2.18. The number of alkyl carbamates (subject to hydrolysis) is 1. The number of ether oxygens (including phenoxy) is 2. The zero-order valence-corrected chi connectivity index (χ0v) is 17.7. The summed E-state index contributed by atoms with van der Waals surface area (Å²) in [5.41, 5.74) is 4.04. The van der Waals surface area contributed by atoms with Gasteiger partial charge in [0.2, 0.25) is 0 Å². The number of carboxylic acid groups (broad SMARTS) is 1. The first-order valence-electron chi connectivity index (χ1n) is 10.3. The topological polar surface area (TPSA) is 84.9 Å². The Kier molecular flexibility index (Phi) is 6.26. The van der Waals surface area contributed by atoms with Crippen LogP contribution < -0.4 is 10.1 Å². The van der Waals surface area contributed by atoms with Gasteiger partial charge in [0.05, 0.1) is 7.11 Å². The van der Waals surface area contributed by atoms with Gasteiger partial charge in [0.1, 0.15) is 12.6 Å². The number of halogens is 2. The van der Waals surface area contributed by atoms with Gasteiger partial charge >= 0.3 is 12.1 Å². The first-order chi connectivity index (χ1) is 15.9. The van der Waals surface area contributed by atoms with Gasteiger partial charge in [-0.3, -0.25) is 0 Å². The van der Waals surface area contributed by atoms with Crippen molar-refractivity contribution < 1.29 is 33.0 Å². The predicted octanol–water partition coefficient (Wildman–Crippen LogP) is 4.51. The van der Waals surface area contributed by atoms with Crippen LogP contribution in [0.1, 0.15) is 22.6 Å². The number of benzene rings is 3. The third kappa shape index (κ3) is 4.37. The molecule has 0 radical (unpaired) electrons. The molecule has 33 heavy (non-hydrogen) atoms. The molecule has 8 heteroatoms. The Morgan fingerprint density at radius 1 is 1.00 bits per heavy atom. The quantitative estimate of drug-likeness (QED) is 0.550.